The first-order valence-electron chi connectivity index (χ1n) is 6.23. The van der Waals surface area contributed by atoms with Crippen molar-refractivity contribution in [3.05, 3.63) is 34.6 Å². The van der Waals surface area contributed by atoms with Gasteiger partial charge < -0.3 is 4.74 Å². The lowest BCUT2D eigenvalue weighted by atomic mass is 10.1. The molecule has 18 heavy (non-hydrogen) atoms. The third-order valence-corrected chi connectivity index (χ3v) is 3.94. The Labute approximate surface area is 111 Å². The first kappa shape index (κ1) is 11.7. The van der Waals surface area contributed by atoms with E-state index in [4.69, 9.17) is 4.74 Å². The van der Waals surface area contributed by atoms with Gasteiger partial charge in [-0.3, -0.25) is 0 Å². The molecule has 0 radical (unpaired) electrons. The fourth-order valence-corrected chi connectivity index (χ4v) is 2.59. The Morgan fingerprint density at radius 2 is 2.00 bits per heavy atom. The fourth-order valence-electron chi connectivity index (χ4n) is 1.97. The summed E-state index contributed by atoms with van der Waals surface area (Å²) in [6, 6.07) is 4.22. The van der Waals surface area contributed by atoms with Crippen molar-refractivity contribution in [3.63, 3.8) is 0 Å². The number of rotatable bonds is 3. The highest BCUT2D eigenvalue weighted by Crippen LogP contribution is 2.40. The molecule has 0 saturated heterocycles. The smallest absolute Gasteiger partial charge is 0.298 e. The van der Waals surface area contributed by atoms with Gasteiger partial charge in [0.1, 0.15) is 11.6 Å². The molecule has 94 valence electrons. The molecule has 0 amide bonds. The minimum Gasteiger partial charge on any atom is -0.430 e. The molecular formula is C14H16N2OS. The second-order valence-electron chi connectivity index (χ2n) is 5.00. The number of benzene rings is 1. The fraction of sp³-hybridized carbons (Fsp3) is 0.429. The van der Waals surface area contributed by atoms with Crippen LogP contribution in [0.15, 0.2) is 12.1 Å². The first-order chi connectivity index (χ1) is 8.63. The van der Waals surface area contributed by atoms with Gasteiger partial charge in [-0.1, -0.05) is 6.07 Å². The Hall–Kier alpha value is -1.42. The van der Waals surface area contributed by atoms with Crippen LogP contribution in [0.3, 0.4) is 0 Å². The van der Waals surface area contributed by atoms with Crippen LogP contribution in [0.1, 0.15) is 41.3 Å². The van der Waals surface area contributed by atoms with Crippen molar-refractivity contribution in [2.24, 2.45) is 0 Å². The SMILES string of the molecule is Cc1cc(C)c(C)c(Oc2nc(C3CC3)ns2)c1. The molecule has 1 aliphatic carbocycles. The van der Waals surface area contributed by atoms with E-state index in [0.717, 1.165) is 11.6 Å². The van der Waals surface area contributed by atoms with Crippen molar-refractivity contribution in [2.75, 3.05) is 0 Å². The molecule has 2 aromatic rings. The molecular weight excluding hydrogens is 244 g/mol. The molecule has 0 N–H and O–H groups in total. The van der Waals surface area contributed by atoms with Gasteiger partial charge in [0, 0.05) is 17.5 Å². The molecule has 4 heteroatoms. The van der Waals surface area contributed by atoms with Crippen LogP contribution < -0.4 is 4.74 Å². The summed E-state index contributed by atoms with van der Waals surface area (Å²) in [5, 5.41) is 0.657. The van der Waals surface area contributed by atoms with Gasteiger partial charge >= 0.3 is 0 Å². The second-order valence-corrected chi connectivity index (χ2v) is 5.71. The van der Waals surface area contributed by atoms with Crippen LogP contribution in [0, 0.1) is 20.8 Å². The molecule has 3 rings (SSSR count). The Bertz CT molecular complexity index is 587. The average Bonchev–Trinajstić information content (AvgIpc) is 3.07. The monoisotopic (exact) mass is 260 g/mol. The highest BCUT2D eigenvalue weighted by Gasteiger charge is 2.28. The highest BCUT2D eigenvalue weighted by molar-refractivity contribution is 7.07. The summed E-state index contributed by atoms with van der Waals surface area (Å²) in [5.41, 5.74) is 3.63. The van der Waals surface area contributed by atoms with Crippen LogP contribution in [0.25, 0.3) is 0 Å². The van der Waals surface area contributed by atoms with Gasteiger partial charge in [-0.2, -0.15) is 9.36 Å². The van der Waals surface area contributed by atoms with Gasteiger partial charge in [0.2, 0.25) is 0 Å². The Balaban J connectivity index is 1.86. The maximum absolute atomic E-state index is 5.87. The van der Waals surface area contributed by atoms with Crippen LogP contribution in [0.5, 0.6) is 10.9 Å². The minimum absolute atomic E-state index is 0.582. The Morgan fingerprint density at radius 1 is 1.22 bits per heavy atom. The summed E-state index contributed by atoms with van der Waals surface area (Å²) in [6.45, 7) is 6.26. The van der Waals surface area contributed by atoms with Crippen LogP contribution in [0.2, 0.25) is 0 Å². The zero-order valence-electron chi connectivity index (χ0n) is 10.9. The molecule has 1 aromatic carbocycles. The molecule has 0 unspecified atom stereocenters. The molecule has 1 aromatic heterocycles. The van der Waals surface area contributed by atoms with E-state index in [-0.39, 0.29) is 0 Å². The number of nitrogens with zero attached hydrogens (tertiary/aromatic N) is 2. The lowest BCUT2D eigenvalue weighted by Crippen LogP contribution is -1.91. The molecule has 0 atom stereocenters. The van der Waals surface area contributed by atoms with Crippen molar-refractivity contribution in [1.29, 1.82) is 0 Å². The first-order valence-corrected chi connectivity index (χ1v) is 7.00. The number of hydrogen-bond acceptors (Lipinski definition) is 4. The third-order valence-electron chi connectivity index (χ3n) is 3.33. The molecule has 1 fully saturated rings. The Kier molecular flexibility index (Phi) is 2.82. The second kappa shape index (κ2) is 4.35. The largest absolute Gasteiger partial charge is 0.430 e. The van der Waals surface area contributed by atoms with Crippen molar-refractivity contribution < 1.29 is 4.74 Å². The molecule has 1 aliphatic rings. The van der Waals surface area contributed by atoms with E-state index >= 15 is 0 Å². The minimum atomic E-state index is 0.582. The third kappa shape index (κ3) is 2.25. The molecule has 1 saturated carbocycles. The van der Waals surface area contributed by atoms with Crippen molar-refractivity contribution >= 4 is 11.5 Å². The average molecular weight is 260 g/mol. The van der Waals surface area contributed by atoms with E-state index in [2.05, 4.69) is 42.3 Å². The summed E-state index contributed by atoms with van der Waals surface area (Å²) in [5.74, 6) is 2.43. The Morgan fingerprint density at radius 3 is 2.72 bits per heavy atom. The lowest BCUT2D eigenvalue weighted by Gasteiger charge is -2.09. The highest BCUT2D eigenvalue weighted by atomic mass is 32.1. The van der Waals surface area contributed by atoms with E-state index in [9.17, 15) is 0 Å². The number of ether oxygens (including phenoxy) is 1. The lowest BCUT2D eigenvalue weighted by molar-refractivity contribution is 0.472. The van der Waals surface area contributed by atoms with Crippen LogP contribution in [-0.4, -0.2) is 9.36 Å². The van der Waals surface area contributed by atoms with Gasteiger partial charge in [-0.15, -0.1) is 0 Å². The number of aryl methyl sites for hydroxylation is 2. The van der Waals surface area contributed by atoms with Crippen molar-refractivity contribution in [3.8, 4) is 10.9 Å². The molecule has 3 nitrogen and oxygen atoms in total. The predicted molar refractivity (Wildman–Crippen MR) is 72.6 cm³/mol. The molecule has 1 heterocycles. The van der Waals surface area contributed by atoms with E-state index in [1.165, 1.54) is 41.1 Å². The van der Waals surface area contributed by atoms with E-state index in [0.29, 0.717) is 11.1 Å². The summed E-state index contributed by atoms with van der Waals surface area (Å²) in [6.07, 6.45) is 2.44. The normalized spacial score (nSPS) is 14.8. The summed E-state index contributed by atoms with van der Waals surface area (Å²) >= 11 is 1.35. The summed E-state index contributed by atoms with van der Waals surface area (Å²) in [7, 11) is 0. The summed E-state index contributed by atoms with van der Waals surface area (Å²) < 4.78 is 10.2. The van der Waals surface area contributed by atoms with E-state index in [1.807, 2.05) is 0 Å². The topological polar surface area (TPSA) is 35.0 Å². The zero-order chi connectivity index (χ0) is 12.7. The quantitative estimate of drug-likeness (QED) is 0.832. The van der Waals surface area contributed by atoms with E-state index in [1.54, 1.807) is 0 Å². The van der Waals surface area contributed by atoms with Crippen LogP contribution >= 0.6 is 11.5 Å². The molecule has 0 spiro atoms. The maximum Gasteiger partial charge on any atom is 0.298 e. The number of aromatic nitrogens is 2. The van der Waals surface area contributed by atoms with Gasteiger partial charge in [0.05, 0.1) is 0 Å². The van der Waals surface area contributed by atoms with Gasteiger partial charge in [0.25, 0.3) is 5.19 Å². The van der Waals surface area contributed by atoms with Gasteiger partial charge in [-0.25, -0.2) is 0 Å². The molecule has 0 bridgehead atoms. The van der Waals surface area contributed by atoms with Gasteiger partial charge in [0.15, 0.2) is 0 Å². The van der Waals surface area contributed by atoms with Crippen molar-refractivity contribution in [2.45, 2.75) is 39.5 Å². The standard InChI is InChI=1S/C14H16N2OS/c1-8-6-9(2)10(3)12(7-8)17-14-15-13(16-18-14)11-4-5-11/h6-7,11H,4-5H2,1-3H3. The summed E-state index contributed by atoms with van der Waals surface area (Å²) in [4.78, 5) is 4.45. The molecule has 0 aliphatic heterocycles. The van der Waals surface area contributed by atoms with Crippen LogP contribution in [0.4, 0.5) is 0 Å². The predicted octanol–water partition coefficient (Wildman–Crippen LogP) is 4.13. The van der Waals surface area contributed by atoms with E-state index < -0.39 is 0 Å². The van der Waals surface area contributed by atoms with Gasteiger partial charge in [-0.05, 0) is 56.4 Å². The van der Waals surface area contributed by atoms with Crippen molar-refractivity contribution in [1.82, 2.24) is 9.36 Å². The van der Waals surface area contributed by atoms with Crippen LogP contribution in [-0.2, 0) is 0 Å². The number of hydrogen-bond donors (Lipinski definition) is 0. The maximum atomic E-state index is 5.87. The zero-order valence-corrected chi connectivity index (χ0v) is 11.7.